The van der Waals surface area contributed by atoms with E-state index < -0.39 is 0 Å². The lowest BCUT2D eigenvalue weighted by molar-refractivity contribution is 0.0733. The zero-order valence-electron chi connectivity index (χ0n) is 11.0. The number of hydrogen-bond acceptors (Lipinski definition) is 2. The summed E-state index contributed by atoms with van der Waals surface area (Å²) in [6.45, 7) is 0.323. The molecule has 3 rings (SSSR count). The van der Waals surface area contributed by atoms with Gasteiger partial charge in [-0.2, -0.15) is 0 Å². The van der Waals surface area contributed by atoms with Gasteiger partial charge < -0.3 is 4.90 Å². The lowest BCUT2D eigenvalue weighted by Gasteiger charge is -2.22. The maximum absolute atomic E-state index is 13.8. The molecule has 1 aliphatic rings. The van der Waals surface area contributed by atoms with Gasteiger partial charge in [0.1, 0.15) is 5.82 Å². The van der Waals surface area contributed by atoms with E-state index in [0.29, 0.717) is 17.0 Å². The molecule has 0 unspecified atom stereocenters. The Bertz CT molecular complexity index is 665. The predicted molar refractivity (Wildman–Crippen MR) is 89.0 cm³/mol. The van der Waals surface area contributed by atoms with E-state index >= 15 is 0 Å². The molecule has 2 nitrogen and oxygen atoms in total. The van der Waals surface area contributed by atoms with E-state index in [9.17, 15) is 9.18 Å². The highest BCUT2D eigenvalue weighted by Crippen LogP contribution is 2.36. The zero-order valence-corrected chi connectivity index (χ0v) is 15.0. The Morgan fingerprint density at radius 2 is 2.05 bits per heavy atom. The first-order chi connectivity index (χ1) is 10.1. The molecule has 0 N–H and O–H groups in total. The number of nitrogens with zero attached hydrogens (tertiary/aromatic N) is 1. The van der Waals surface area contributed by atoms with Gasteiger partial charge in [-0.15, -0.1) is 11.3 Å². The Morgan fingerprint density at radius 1 is 1.33 bits per heavy atom. The molecule has 1 heterocycles. The average molecular weight is 433 g/mol. The second-order valence-electron chi connectivity index (χ2n) is 4.99. The number of rotatable bonds is 4. The van der Waals surface area contributed by atoms with Crippen LogP contribution in [0.1, 0.15) is 28.1 Å². The summed E-state index contributed by atoms with van der Waals surface area (Å²) in [7, 11) is 0. The van der Waals surface area contributed by atoms with Crippen LogP contribution in [0.3, 0.4) is 0 Å². The van der Waals surface area contributed by atoms with Crippen molar-refractivity contribution in [1.82, 2.24) is 4.90 Å². The van der Waals surface area contributed by atoms with Crippen LogP contribution < -0.4 is 0 Å². The largest absolute Gasteiger partial charge is 0.331 e. The molecule has 1 amide bonds. The summed E-state index contributed by atoms with van der Waals surface area (Å²) in [4.78, 5) is 15.1. The second kappa shape index (κ2) is 6.18. The van der Waals surface area contributed by atoms with Crippen LogP contribution in [0.15, 0.2) is 38.6 Å². The summed E-state index contributed by atoms with van der Waals surface area (Å²) in [6, 6.07) is 8.67. The standard InChI is InChI=1S/C15H12Br2FNOS/c16-11-7-13(21-14(11)17)15(20)19(10-5-6-10)8-9-3-1-2-4-12(9)18/h1-4,7,10H,5-6,8H2. The van der Waals surface area contributed by atoms with Crippen molar-refractivity contribution in [2.75, 3.05) is 0 Å². The highest BCUT2D eigenvalue weighted by atomic mass is 79.9. The Hall–Kier alpha value is -0.720. The van der Waals surface area contributed by atoms with Crippen molar-refractivity contribution in [1.29, 1.82) is 0 Å². The van der Waals surface area contributed by atoms with Crippen LogP contribution in [0.5, 0.6) is 0 Å². The molecule has 0 atom stereocenters. The van der Waals surface area contributed by atoms with Crippen LogP contribution in [0.2, 0.25) is 0 Å². The molecule has 0 aliphatic heterocycles. The normalized spacial score (nSPS) is 14.2. The van der Waals surface area contributed by atoms with E-state index in [0.717, 1.165) is 21.1 Å². The van der Waals surface area contributed by atoms with Crippen molar-refractivity contribution in [3.8, 4) is 0 Å². The van der Waals surface area contributed by atoms with Crippen molar-refractivity contribution in [2.45, 2.75) is 25.4 Å². The number of hydrogen-bond donors (Lipinski definition) is 0. The van der Waals surface area contributed by atoms with Gasteiger partial charge in [-0.05, 0) is 56.8 Å². The van der Waals surface area contributed by atoms with E-state index in [4.69, 9.17) is 0 Å². The Labute approximate surface area is 143 Å². The van der Waals surface area contributed by atoms with Gasteiger partial charge in [0, 0.05) is 22.6 Å². The maximum atomic E-state index is 13.8. The van der Waals surface area contributed by atoms with Crippen molar-refractivity contribution in [3.63, 3.8) is 0 Å². The summed E-state index contributed by atoms with van der Waals surface area (Å²) in [5.74, 6) is -0.290. The highest BCUT2D eigenvalue weighted by molar-refractivity contribution is 9.13. The summed E-state index contributed by atoms with van der Waals surface area (Å²) < 4.78 is 15.6. The first-order valence-electron chi connectivity index (χ1n) is 6.55. The van der Waals surface area contributed by atoms with Crippen LogP contribution in [-0.2, 0) is 6.54 Å². The molecule has 1 saturated carbocycles. The molecule has 0 bridgehead atoms. The first kappa shape index (κ1) is 15.2. The minimum Gasteiger partial charge on any atom is -0.331 e. The fourth-order valence-electron chi connectivity index (χ4n) is 2.16. The summed E-state index contributed by atoms with van der Waals surface area (Å²) >= 11 is 8.20. The predicted octanol–water partition coefficient (Wildman–Crippen LogP) is 5.22. The first-order valence-corrected chi connectivity index (χ1v) is 8.95. The molecular weight excluding hydrogens is 421 g/mol. The lowest BCUT2D eigenvalue weighted by atomic mass is 10.2. The molecule has 0 saturated heterocycles. The van der Waals surface area contributed by atoms with Crippen LogP contribution in [0.4, 0.5) is 4.39 Å². The van der Waals surface area contributed by atoms with E-state index in [1.54, 1.807) is 23.1 Å². The minimum absolute atomic E-state index is 0.0304. The molecule has 21 heavy (non-hydrogen) atoms. The van der Waals surface area contributed by atoms with Gasteiger partial charge in [-0.25, -0.2) is 4.39 Å². The van der Waals surface area contributed by atoms with E-state index in [-0.39, 0.29) is 17.8 Å². The topological polar surface area (TPSA) is 20.3 Å². The Balaban J connectivity index is 1.85. The maximum Gasteiger partial charge on any atom is 0.264 e. The summed E-state index contributed by atoms with van der Waals surface area (Å²) in [5, 5.41) is 0. The molecule has 1 aromatic heterocycles. The fraction of sp³-hybridized carbons (Fsp3) is 0.267. The molecule has 2 aromatic rings. The van der Waals surface area contributed by atoms with E-state index in [1.807, 2.05) is 6.07 Å². The number of benzene rings is 1. The van der Waals surface area contributed by atoms with Gasteiger partial charge in [-0.3, -0.25) is 4.79 Å². The molecule has 1 aromatic carbocycles. The third-order valence-electron chi connectivity index (χ3n) is 3.40. The molecule has 1 fully saturated rings. The number of halogens is 3. The molecule has 0 radical (unpaired) electrons. The summed E-state index contributed by atoms with van der Waals surface area (Å²) in [6.07, 6.45) is 1.99. The van der Waals surface area contributed by atoms with Crippen LogP contribution in [0.25, 0.3) is 0 Å². The van der Waals surface area contributed by atoms with Gasteiger partial charge >= 0.3 is 0 Å². The van der Waals surface area contributed by atoms with Gasteiger partial charge in [0.25, 0.3) is 5.91 Å². The van der Waals surface area contributed by atoms with Crippen LogP contribution in [0, 0.1) is 5.82 Å². The summed E-state index contributed by atoms with van der Waals surface area (Å²) in [5.41, 5.74) is 0.562. The monoisotopic (exact) mass is 431 g/mol. The number of thiophene rings is 1. The molecule has 110 valence electrons. The third-order valence-corrected chi connectivity index (χ3v) is 6.65. The van der Waals surface area contributed by atoms with Crippen molar-refractivity contribution >= 4 is 49.1 Å². The van der Waals surface area contributed by atoms with Gasteiger partial charge in [0.05, 0.1) is 8.66 Å². The van der Waals surface area contributed by atoms with E-state index in [2.05, 4.69) is 31.9 Å². The molecular formula is C15H12Br2FNOS. The van der Waals surface area contributed by atoms with Gasteiger partial charge in [0.2, 0.25) is 0 Å². The van der Waals surface area contributed by atoms with Crippen molar-refractivity contribution < 1.29 is 9.18 Å². The quantitative estimate of drug-likeness (QED) is 0.648. The average Bonchev–Trinajstić information content (AvgIpc) is 3.24. The van der Waals surface area contributed by atoms with Gasteiger partial charge in [0.15, 0.2) is 0 Å². The Kier molecular flexibility index (Phi) is 4.47. The highest BCUT2D eigenvalue weighted by Gasteiger charge is 2.34. The minimum atomic E-state index is -0.260. The van der Waals surface area contributed by atoms with Crippen LogP contribution >= 0.6 is 43.2 Å². The number of amides is 1. The van der Waals surface area contributed by atoms with Crippen LogP contribution in [-0.4, -0.2) is 16.8 Å². The zero-order chi connectivity index (χ0) is 15.0. The smallest absolute Gasteiger partial charge is 0.264 e. The van der Waals surface area contributed by atoms with E-state index in [1.165, 1.54) is 17.4 Å². The molecule has 6 heteroatoms. The molecule has 0 spiro atoms. The Morgan fingerprint density at radius 3 is 2.62 bits per heavy atom. The van der Waals surface area contributed by atoms with Gasteiger partial charge in [-0.1, -0.05) is 18.2 Å². The SMILES string of the molecule is O=C(c1cc(Br)c(Br)s1)N(Cc1ccccc1F)C1CC1. The fourth-order valence-corrected chi connectivity index (χ4v) is 4.15. The lowest BCUT2D eigenvalue weighted by Crippen LogP contribution is -2.32. The molecule has 1 aliphatic carbocycles. The number of carbonyl (C=O) groups excluding carboxylic acids is 1. The van der Waals surface area contributed by atoms with Crippen molar-refractivity contribution in [2.24, 2.45) is 0 Å². The number of carbonyl (C=O) groups is 1. The van der Waals surface area contributed by atoms with Crippen molar-refractivity contribution in [3.05, 3.63) is 54.8 Å². The second-order valence-corrected chi connectivity index (χ2v) is 8.21. The third kappa shape index (κ3) is 3.38.